The smallest absolute Gasteiger partial charge is 0.381 e. The van der Waals surface area contributed by atoms with Gasteiger partial charge in [0.15, 0.2) is 0 Å². The zero-order chi connectivity index (χ0) is 77.6. The van der Waals surface area contributed by atoms with Gasteiger partial charge in [-0.2, -0.15) is 13.2 Å². The summed E-state index contributed by atoms with van der Waals surface area (Å²) in [7, 11) is 12.6. The molecule has 0 aromatic rings. The minimum atomic E-state index is -4.51. The molecule has 26 nitrogen and oxygen atoms in total. The molecule has 13 atom stereocenters. The molecule has 0 aromatic heterocycles. The Morgan fingerprint density at radius 2 is 1.33 bits per heavy atom. The van der Waals surface area contributed by atoms with Gasteiger partial charge in [0.05, 0.1) is 38.1 Å². The van der Waals surface area contributed by atoms with Crippen molar-refractivity contribution < 1.29 is 80.2 Å². The Morgan fingerprint density at radius 3 is 1.91 bits per heavy atom. The first-order chi connectivity index (χ1) is 48.8. The summed E-state index contributed by atoms with van der Waals surface area (Å²) in [6.07, 6.45) is 3.83. The largest absolute Gasteiger partial charge is 0.394 e. The molecule has 3 saturated carbocycles. The van der Waals surface area contributed by atoms with Crippen LogP contribution in [-0.2, 0) is 67.0 Å². The zero-order valence-electron chi connectivity index (χ0n) is 65.1. The Kier molecular flexibility index (Phi) is 31.1. The number of halogens is 3. The van der Waals surface area contributed by atoms with E-state index >= 15 is 28.8 Å². The van der Waals surface area contributed by atoms with Gasteiger partial charge in [-0.3, -0.25) is 57.5 Å². The monoisotopic (exact) mass is 1470 g/mol. The molecule has 12 amide bonds. The molecular weight excluding hydrogens is 1350 g/mol. The van der Waals surface area contributed by atoms with Gasteiger partial charge in [0, 0.05) is 83.2 Å². The van der Waals surface area contributed by atoms with Crippen LogP contribution in [0, 0.1) is 40.9 Å². The predicted molar refractivity (Wildman–Crippen MR) is 384 cm³/mol. The number of rotatable bonds is 15. The van der Waals surface area contributed by atoms with E-state index in [1.165, 1.54) is 92.9 Å². The molecule has 0 radical (unpaired) electrons. The summed E-state index contributed by atoms with van der Waals surface area (Å²) in [5.74, 6) is -11.5. The highest BCUT2D eigenvalue weighted by Crippen LogP contribution is 2.50. The van der Waals surface area contributed by atoms with E-state index in [2.05, 4.69) is 16.0 Å². The van der Waals surface area contributed by atoms with Crippen molar-refractivity contribution in [3.63, 3.8) is 0 Å². The third kappa shape index (κ3) is 21.0. The van der Waals surface area contributed by atoms with Crippen LogP contribution in [0.4, 0.5) is 13.2 Å². The van der Waals surface area contributed by atoms with Gasteiger partial charge in [-0.05, 0) is 113 Å². The van der Waals surface area contributed by atoms with Crippen LogP contribution in [0.25, 0.3) is 0 Å². The summed E-state index contributed by atoms with van der Waals surface area (Å²) in [5, 5.41) is 8.81. The first kappa shape index (κ1) is 86.0. The van der Waals surface area contributed by atoms with Crippen molar-refractivity contribution in [2.24, 2.45) is 40.9 Å². The number of carbonyl (C=O) groups excluding carboxylic acids is 12. The number of carbonyl (C=O) groups is 12. The third-order valence-electron chi connectivity index (χ3n) is 23.3. The summed E-state index contributed by atoms with van der Waals surface area (Å²) in [4.78, 5) is 193. The van der Waals surface area contributed by atoms with Gasteiger partial charge in [-0.25, -0.2) is 0 Å². The van der Waals surface area contributed by atoms with Crippen LogP contribution in [0.3, 0.4) is 0 Å². The average Bonchev–Trinajstić information content (AvgIpc) is 0.985. The number of methoxy groups -OCH3 is 1. The fourth-order valence-electron chi connectivity index (χ4n) is 16.9. The molecule has 104 heavy (non-hydrogen) atoms. The van der Waals surface area contributed by atoms with E-state index in [4.69, 9.17) is 9.47 Å². The van der Waals surface area contributed by atoms with Crippen LogP contribution >= 0.6 is 0 Å². The van der Waals surface area contributed by atoms with Crippen molar-refractivity contribution in [2.45, 2.75) is 250 Å². The van der Waals surface area contributed by atoms with Crippen LogP contribution in [-0.4, -0.2) is 284 Å². The van der Waals surface area contributed by atoms with Crippen LogP contribution in [0.15, 0.2) is 12.2 Å². The molecule has 3 heterocycles. The van der Waals surface area contributed by atoms with Crippen LogP contribution in [0.1, 0.15) is 184 Å². The van der Waals surface area contributed by atoms with Crippen molar-refractivity contribution in [1.29, 1.82) is 0 Å². The molecule has 3 N–H and O–H groups in total. The second-order valence-electron chi connectivity index (χ2n) is 31.8. The zero-order valence-corrected chi connectivity index (χ0v) is 65.1. The van der Waals surface area contributed by atoms with Gasteiger partial charge in [-0.15, -0.1) is 0 Å². The maximum absolute atomic E-state index is 15.7. The van der Waals surface area contributed by atoms with Crippen molar-refractivity contribution >= 4 is 70.9 Å². The Morgan fingerprint density at radius 1 is 0.683 bits per heavy atom. The highest BCUT2D eigenvalue weighted by molar-refractivity contribution is 6.01. The molecule has 0 aromatic carbocycles. The topological polar surface area (TPSA) is 289 Å². The van der Waals surface area contributed by atoms with Gasteiger partial charge in [-0.1, -0.05) is 112 Å². The normalized spacial score (nSPS) is 30.2. The van der Waals surface area contributed by atoms with E-state index < -0.39 is 180 Å². The number of likely N-dealkylation sites (N-methyl/N-ethyl adjacent to an activating group) is 7. The fourth-order valence-corrected chi connectivity index (χ4v) is 16.9. The van der Waals surface area contributed by atoms with Gasteiger partial charge in [0.1, 0.15) is 53.9 Å². The van der Waals surface area contributed by atoms with Crippen LogP contribution < -0.4 is 16.0 Å². The van der Waals surface area contributed by atoms with E-state index in [0.29, 0.717) is 25.7 Å². The van der Waals surface area contributed by atoms with Gasteiger partial charge in [0.25, 0.3) is 0 Å². The summed E-state index contributed by atoms with van der Waals surface area (Å²) in [5.41, 5.74) is -2.15. The van der Waals surface area contributed by atoms with Gasteiger partial charge in [0.2, 0.25) is 70.9 Å². The van der Waals surface area contributed by atoms with Crippen molar-refractivity contribution in [1.82, 2.24) is 60.0 Å². The third-order valence-corrected chi connectivity index (χ3v) is 23.3. The minimum absolute atomic E-state index is 0.0126. The molecule has 2 bridgehead atoms. The maximum Gasteiger partial charge on any atom is 0.394 e. The van der Waals surface area contributed by atoms with E-state index in [-0.39, 0.29) is 108 Å². The lowest BCUT2D eigenvalue weighted by Crippen LogP contribution is -2.71. The lowest BCUT2D eigenvalue weighted by atomic mass is 9.58. The Balaban J connectivity index is 1.47. The quantitative estimate of drug-likeness (QED) is 0.173. The molecule has 29 heteroatoms. The molecule has 3 aliphatic heterocycles. The summed E-state index contributed by atoms with van der Waals surface area (Å²) in [6, 6.07) is -10.3. The number of hydrogen-bond acceptors (Lipinski definition) is 14. The molecule has 588 valence electrons. The Labute approximate surface area is 614 Å². The highest BCUT2D eigenvalue weighted by atomic mass is 19.4. The predicted octanol–water partition coefficient (Wildman–Crippen LogP) is 5.39. The molecule has 2 saturated heterocycles. The van der Waals surface area contributed by atoms with Crippen LogP contribution in [0.5, 0.6) is 0 Å². The number of nitrogens with one attached hydrogen (secondary N) is 3. The number of alkyl halides is 3. The number of nitrogens with zero attached hydrogens (tertiary/aromatic N) is 9. The molecule has 3 aliphatic carbocycles. The molecule has 1 spiro atoms. The van der Waals surface area contributed by atoms with Gasteiger partial charge >= 0.3 is 6.18 Å². The Bertz CT molecular complexity index is 3060. The summed E-state index contributed by atoms with van der Waals surface area (Å²) >= 11 is 0. The second kappa shape index (κ2) is 37.6. The van der Waals surface area contributed by atoms with E-state index in [9.17, 15) is 41.9 Å². The standard InChI is InChI=1S/C75H123F3N12O14/c1-18-47(6)62-70(100)84(12)42-61(93)85(13)53-30-26-23-27-35-89(69(53)99)56(37-48-28-24-22-25-29-48)68(98)83(11)41-59(91)79-52(34-32-49-31-33-51(75(76,77)78)58(38-49)103-17)66(96)90-40-46(5)36-54(90)65(95)81-74(44-73(7,8)45-74)72(102)88(16)63(50(19-2)20-3)71(101)87(15)55(67(97)82(9)10)39-60(92)86(14)57(43-104-21-4)64(94)80-62/h23,26,46-58,62-63H,18-22,24-25,27-45H2,1-17H3,(H,79,91)(H,80,94)(H,81,95)/b26-23-/t46-,47-,49?,51?,52-,53-,54-,55-,56-,57-,58?,62-,63-/m0/s1. The lowest BCUT2D eigenvalue weighted by molar-refractivity contribution is -0.215. The van der Waals surface area contributed by atoms with E-state index in [0.717, 1.165) is 46.8 Å². The Hall–Kier alpha value is -6.91. The van der Waals surface area contributed by atoms with Crippen molar-refractivity contribution in [3.8, 4) is 0 Å². The van der Waals surface area contributed by atoms with E-state index in [1.807, 2.05) is 47.6 Å². The number of hydrogen-bond donors (Lipinski definition) is 3. The lowest BCUT2D eigenvalue weighted by Gasteiger charge is -2.54. The molecule has 6 rings (SSSR count). The molecule has 3 unspecified atom stereocenters. The fraction of sp³-hybridized carbons (Fsp3) is 0.813. The first-order valence-electron chi connectivity index (χ1n) is 37.9. The number of ether oxygens (including phenoxy) is 2. The number of amides is 12. The molecule has 6 aliphatic rings. The van der Waals surface area contributed by atoms with E-state index in [1.54, 1.807) is 19.9 Å². The van der Waals surface area contributed by atoms with Crippen LogP contribution in [0.2, 0.25) is 0 Å². The second-order valence-corrected chi connectivity index (χ2v) is 31.8. The highest BCUT2D eigenvalue weighted by Gasteiger charge is 2.59. The van der Waals surface area contributed by atoms with Crippen molar-refractivity contribution in [2.75, 3.05) is 103 Å². The summed E-state index contributed by atoms with van der Waals surface area (Å²) < 4.78 is 54.0. The summed E-state index contributed by atoms with van der Waals surface area (Å²) in [6.45, 7) is 13.4. The maximum atomic E-state index is 15.7. The SMILES string of the molecule is CCOC[C@H]1C(=O)N[C@@H]([C@@H](C)CC)C(=O)N(C)CC(=O)N(C)[C@H]2C/C=C\CCN(C2=O)[C@@H](CC2CCCCC2)C(=O)N(C)CC(=O)N[C@@H](CCC2CCC(C(F)(F)F)C(OC)C2)C(=O)N2C[C@@H](C)C[C@H]2C(=O)NC2(CC(C)(C)C2)C(=O)N(C)[C@@H](C(CC)CC)C(=O)N(C)[C@H](C(=O)N(C)C)CC(=O)N1C. The first-order valence-corrected chi connectivity index (χ1v) is 37.9. The molecular formula is C75H123F3N12O14. The average molecular weight is 1470 g/mol. The van der Waals surface area contributed by atoms with Gasteiger partial charge < -0.3 is 69.5 Å². The minimum Gasteiger partial charge on any atom is -0.381 e. The van der Waals surface area contributed by atoms with Crippen molar-refractivity contribution in [3.05, 3.63) is 12.2 Å². The molecule has 5 fully saturated rings. The number of fused-ring (bicyclic) bond motifs is 3.